The largest absolute Gasteiger partial charge is 0.297 e. The maximum Gasteiger partial charge on any atom is 0.0353 e. The van der Waals surface area contributed by atoms with Gasteiger partial charge in [0.05, 0.1) is 0 Å². The number of rotatable bonds is 3. The molecule has 1 aromatic rings. The van der Waals surface area contributed by atoms with Crippen molar-refractivity contribution < 1.29 is 0 Å². The fraction of sp³-hybridized carbons (Fsp3) is 0.538. The van der Waals surface area contributed by atoms with E-state index in [1.165, 1.54) is 12.8 Å². The molecule has 1 unspecified atom stereocenters. The van der Waals surface area contributed by atoms with Crippen LogP contribution in [0.15, 0.2) is 24.3 Å². The third-order valence-corrected chi connectivity index (χ3v) is 3.35. The summed E-state index contributed by atoms with van der Waals surface area (Å²) in [6.07, 6.45) is 2.57. The van der Waals surface area contributed by atoms with Crippen LogP contribution in [0, 0.1) is 0 Å². The first-order valence-corrected chi connectivity index (χ1v) is 5.68. The Morgan fingerprint density at radius 3 is 2.64 bits per heavy atom. The number of hydrogen-bond acceptors (Lipinski definition) is 1. The standard InChI is InChI=1S/C13H19N/c1-3-14(4-2)13-10-9-11-7-5-6-8-12(11)13/h5-8,13H,3-4,9-10H2,1-2H3. The number of nitrogens with zero attached hydrogens (tertiary/aromatic N) is 1. The van der Waals surface area contributed by atoms with Gasteiger partial charge >= 0.3 is 0 Å². The van der Waals surface area contributed by atoms with Crippen LogP contribution in [0.5, 0.6) is 0 Å². The predicted molar refractivity (Wildman–Crippen MR) is 60.4 cm³/mol. The summed E-state index contributed by atoms with van der Waals surface area (Å²) in [5, 5.41) is 0. The summed E-state index contributed by atoms with van der Waals surface area (Å²) in [5.41, 5.74) is 3.13. The van der Waals surface area contributed by atoms with Crippen molar-refractivity contribution >= 4 is 0 Å². The molecule has 0 saturated heterocycles. The molecule has 0 amide bonds. The Morgan fingerprint density at radius 2 is 1.93 bits per heavy atom. The maximum absolute atomic E-state index is 2.56. The molecule has 1 heteroatoms. The van der Waals surface area contributed by atoms with Crippen LogP contribution in [0.2, 0.25) is 0 Å². The summed E-state index contributed by atoms with van der Waals surface area (Å²) in [6, 6.07) is 9.58. The maximum atomic E-state index is 2.56. The Bertz CT molecular complexity index is 302. The monoisotopic (exact) mass is 189 g/mol. The van der Waals surface area contributed by atoms with Gasteiger partial charge in [-0.25, -0.2) is 0 Å². The highest BCUT2D eigenvalue weighted by molar-refractivity contribution is 5.34. The molecular formula is C13H19N. The van der Waals surface area contributed by atoms with E-state index in [4.69, 9.17) is 0 Å². The molecule has 1 atom stereocenters. The van der Waals surface area contributed by atoms with Gasteiger partial charge in [-0.15, -0.1) is 0 Å². The van der Waals surface area contributed by atoms with Crippen LogP contribution < -0.4 is 0 Å². The summed E-state index contributed by atoms with van der Waals surface area (Å²) in [6.45, 7) is 6.83. The number of benzene rings is 1. The highest BCUT2D eigenvalue weighted by Crippen LogP contribution is 2.34. The molecule has 0 bridgehead atoms. The molecule has 0 saturated carbocycles. The Hall–Kier alpha value is -0.820. The number of aryl methyl sites for hydroxylation is 1. The van der Waals surface area contributed by atoms with Crippen LogP contribution in [0.25, 0.3) is 0 Å². The predicted octanol–water partition coefficient (Wildman–Crippen LogP) is 3.02. The molecule has 76 valence electrons. The Kier molecular flexibility index (Phi) is 2.87. The molecule has 0 radical (unpaired) electrons. The Balaban J connectivity index is 2.25. The van der Waals surface area contributed by atoms with Crippen LogP contribution in [0.3, 0.4) is 0 Å². The van der Waals surface area contributed by atoms with Crippen molar-refractivity contribution in [1.82, 2.24) is 4.90 Å². The van der Waals surface area contributed by atoms with Gasteiger partial charge < -0.3 is 0 Å². The van der Waals surface area contributed by atoms with Crippen molar-refractivity contribution in [3.05, 3.63) is 35.4 Å². The quantitative estimate of drug-likeness (QED) is 0.706. The van der Waals surface area contributed by atoms with Gasteiger partial charge in [0.1, 0.15) is 0 Å². The van der Waals surface area contributed by atoms with Gasteiger partial charge in [0.15, 0.2) is 0 Å². The smallest absolute Gasteiger partial charge is 0.0353 e. The Labute approximate surface area is 86.7 Å². The minimum absolute atomic E-state index is 0.682. The van der Waals surface area contributed by atoms with E-state index >= 15 is 0 Å². The van der Waals surface area contributed by atoms with Gasteiger partial charge in [-0.05, 0) is 37.1 Å². The Morgan fingerprint density at radius 1 is 1.21 bits per heavy atom. The summed E-state index contributed by atoms with van der Waals surface area (Å²) >= 11 is 0. The highest BCUT2D eigenvalue weighted by Gasteiger charge is 2.25. The molecule has 14 heavy (non-hydrogen) atoms. The summed E-state index contributed by atoms with van der Waals surface area (Å²) < 4.78 is 0. The number of fused-ring (bicyclic) bond motifs is 1. The summed E-state index contributed by atoms with van der Waals surface area (Å²) in [5.74, 6) is 0. The van der Waals surface area contributed by atoms with Gasteiger partial charge in [-0.1, -0.05) is 38.1 Å². The van der Waals surface area contributed by atoms with Crippen molar-refractivity contribution in [2.24, 2.45) is 0 Å². The van der Waals surface area contributed by atoms with Crippen LogP contribution in [-0.4, -0.2) is 18.0 Å². The third kappa shape index (κ3) is 1.57. The van der Waals surface area contributed by atoms with E-state index in [0.29, 0.717) is 6.04 Å². The second-order valence-electron chi connectivity index (χ2n) is 3.97. The lowest BCUT2D eigenvalue weighted by molar-refractivity contribution is 0.218. The van der Waals surface area contributed by atoms with E-state index in [2.05, 4.69) is 43.0 Å². The van der Waals surface area contributed by atoms with Crippen molar-refractivity contribution in [1.29, 1.82) is 0 Å². The van der Waals surface area contributed by atoms with E-state index in [1.807, 2.05) is 0 Å². The fourth-order valence-electron chi connectivity index (χ4n) is 2.58. The second-order valence-corrected chi connectivity index (χ2v) is 3.97. The van der Waals surface area contributed by atoms with Crippen molar-refractivity contribution in [3.8, 4) is 0 Å². The van der Waals surface area contributed by atoms with Crippen LogP contribution in [-0.2, 0) is 6.42 Å². The second kappa shape index (κ2) is 4.14. The minimum atomic E-state index is 0.682. The first-order chi connectivity index (χ1) is 6.86. The lowest BCUT2D eigenvalue weighted by atomic mass is 10.1. The molecule has 1 aliphatic rings. The lowest BCUT2D eigenvalue weighted by Gasteiger charge is -2.26. The summed E-state index contributed by atoms with van der Waals surface area (Å²) in [4.78, 5) is 2.56. The molecule has 0 spiro atoms. The zero-order valence-corrected chi connectivity index (χ0v) is 9.16. The molecule has 2 rings (SSSR count). The van der Waals surface area contributed by atoms with Gasteiger partial charge in [-0.2, -0.15) is 0 Å². The molecule has 0 heterocycles. The van der Waals surface area contributed by atoms with Gasteiger partial charge in [0.2, 0.25) is 0 Å². The highest BCUT2D eigenvalue weighted by atomic mass is 15.1. The SMILES string of the molecule is CCN(CC)C1CCc2ccccc21. The van der Waals surface area contributed by atoms with E-state index in [0.717, 1.165) is 13.1 Å². The van der Waals surface area contributed by atoms with E-state index in [9.17, 15) is 0 Å². The van der Waals surface area contributed by atoms with Crippen LogP contribution >= 0.6 is 0 Å². The average molecular weight is 189 g/mol. The van der Waals surface area contributed by atoms with Crippen LogP contribution in [0.1, 0.15) is 37.4 Å². The third-order valence-electron chi connectivity index (χ3n) is 3.35. The molecule has 0 fully saturated rings. The van der Waals surface area contributed by atoms with Gasteiger partial charge in [0, 0.05) is 6.04 Å². The molecule has 1 aromatic carbocycles. The zero-order chi connectivity index (χ0) is 9.97. The molecule has 0 N–H and O–H groups in total. The van der Waals surface area contributed by atoms with Crippen molar-refractivity contribution in [3.63, 3.8) is 0 Å². The molecule has 0 aromatic heterocycles. The number of hydrogen-bond donors (Lipinski definition) is 0. The zero-order valence-electron chi connectivity index (χ0n) is 9.16. The van der Waals surface area contributed by atoms with Crippen LogP contribution in [0.4, 0.5) is 0 Å². The van der Waals surface area contributed by atoms with Gasteiger partial charge in [-0.3, -0.25) is 4.90 Å². The first kappa shape index (κ1) is 9.72. The first-order valence-electron chi connectivity index (χ1n) is 5.68. The van der Waals surface area contributed by atoms with E-state index in [1.54, 1.807) is 11.1 Å². The summed E-state index contributed by atoms with van der Waals surface area (Å²) in [7, 11) is 0. The van der Waals surface area contributed by atoms with Crippen molar-refractivity contribution in [2.45, 2.75) is 32.7 Å². The average Bonchev–Trinajstić information content (AvgIpc) is 2.65. The van der Waals surface area contributed by atoms with E-state index < -0.39 is 0 Å². The molecule has 1 nitrogen and oxygen atoms in total. The molecule has 1 aliphatic carbocycles. The fourth-order valence-corrected chi connectivity index (χ4v) is 2.58. The topological polar surface area (TPSA) is 3.24 Å². The van der Waals surface area contributed by atoms with E-state index in [-0.39, 0.29) is 0 Å². The molecular weight excluding hydrogens is 170 g/mol. The molecule has 0 aliphatic heterocycles. The minimum Gasteiger partial charge on any atom is -0.297 e. The van der Waals surface area contributed by atoms with Gasteiger partial charge in [0.25, 0.3) is 0 Å². The normalized spacial score (nSPS) is 20.1. The van der Waals surface area contributed by atoms with Crippen molar-refractivity contribution in [2.75, 3.05) is 13.1 Å². The lowest BCUT2D eigenvalue weighted by Crippen LogP contribution is -2.26.